The van der Waals surface area contributed by atoms with Crippen LogP contribution in [0.1, 0.15) is 17.5 Å². The van der Waals surface area contributed by atoms with Crippen LogP contribution >= 0.6 is 0 Å². The molecule has 7 nitrogen and oxygen atoms in total. The first-order chi connectivity index (χ1) is 13.4. The molecular weight excluding hydrogens is 376 g/mol. The van der Waals surface area contributed by atoms with E-state index in [1.54, 1.807) is 12.4 Å². The number of nitrogens with one attached hydrogen (secondary N) is 1. The number of anilines is 1. The molecule has 0 aliphatic carbocycles. The maximum Gasteiger partial charge on any atom is 0.225 e. The molecule has 2 aliphatic rings. The third-order valence-corrected chi connectivity index (χ3v) is 7.92. The van der Waals surface area contributed by atoms with Gasteiger partial charge in [-0.3, -0.25) is 4.79 Å². The van der Waals surface area contributed by atoms with Gasteiger partial charge < -0.3 is 10.2 Å². The highest BCUT2D eigenvalue weighted by molar-refractivity contribution is 7.92. The molecular formula is C20H24N4O3S. The topological polar surface area (TPSA) is 92.3 Å². The number of fused-ring (bicyclic) bond motifs is 1. The van der Waals surface area contributed by atoms with Gasteiger partial charge >= 0.3 is 0 Å². The molecule has 0 unspecified atom stereocenters. The molecule has 0 radical (unpaired) electrons. The van der Waals surface area contributed by atoms with Crippen LogP contribution in [0.2, 0.25) is 0 Å². The van der Waals surface area contributed by atoms with Crippen LogP contribution in [0.25, 0.3) is 0 Å². The summed E-state index contributed by atoms with van der Waals surface area (Å²) in [6.45, 7) is 3.19. The third kappa shape index (κ3) is 3.73. The fourth-order valence-corrected chi connectivity index (χ4v) is 6.28. The van der Waals surface area contributed by atoms with Crippen LogP contribution in [0.3, 0.4) is 0 Å². The Hall–Kier alpha value is -2.48. The molecule has 4 rings (SSSR count). The number of amides is 1. The van der Waals surface area contributed by atoms with Crippen LogP contribution in [0.4, 0.5) is 5.95 Å². The predicted octanol–water partition coefficient (Wildman–Crippen LogP) is 1.34. The lowest BCUT2D eigenvalue weighted by molar-refractivity contribution is -0.126. The number of hydrogen-bond donors (Lipinski definition) is 1. The highest BCUT2D eigenvalue weighted by atomic mass is 32.2. The summed E-state index contributed by atoms with van der Waals surface area (Å²) in [6.07, 6.45) is 3.82. The first-order valence-corrected chi connectivity index (χ1v) is 11.2. The lowest BCUT2D eigenvalue weighted by Gasteiger charge is -2.31. The van der Waals surface area contributed by atoms with Gasteiger partial charge in [0.2, 0.25) is 11.9 Å². The van der Waals surface area contributed by atoms with Crippen LogP contribution in [0.5, 0.6) is 0 Å². The summed E-state index contributed by atoms with van der Waals surface area (Å²) in [5.41, 5.74) is 1.98. The Kier molecular flexibility index (Phi) is 5.05. The second-order valence-corrected chi connectivity index (χ2v) is 9.97. The van der Waals surface area contributed by atoms with Crippen LogP contribution < -0.4 is 10.2 Å². The van der Waals surface area contributed by atoms with E-state index in [4.69, 9.17) is 0 Å². The van der Waals surface area contributed by atoms with E-state index in [1.165, 1.54) is 0 Å². The number of sulfone groups is 1. The van der Waals surface area contributed by atoms with Gasteiger partial charge in [-0.25, -0.2) is 18.4 Å². The largest absolute Gasteiger partial charge is 0.352 e. The second-order valence-electron chi connectivity index (χ2n) is 7.63. The van der Waals surface area contributed by atoms with E-state index >= 15 is 0 Å². The van der Waals surface area contributed by atoms with Crippen molar-refractivity contribution >= 4 is 21.7 Å². The van der Waals surface area contributed by atoms with Crippen molar-refractivity contribution in [2.45, 2.75) is 25.1 Å². The van der Waals surface area contributed by atoms with Crippen molar-refractivity contribution in [3.8, 4) is 0 Å². The van der Waals surface area contributed by atoms with Gasteiger partial charge in [0.1, 0.15) is 0 Å². The first kappa shape index (κ1) is 18.9. The van der Waals surface area contributed by atoms with E-state index < -0.39 is 15.1 Å². The first-order valence-electron chi connectivity index (χ1n) is 9.51. The second kappa shape index (κ2) is 7.50. The number of benzene rings is 1. The maximum absolute atomic E-state index is 12.9. The Morgan fingerprint density at radius 3 is 2.61 bits per heavy atom. The molecule has 1 amide bonds. The molecule has 3 atom stereocenters. The van der Waals surface area contributed by atoms with E-state index in [1.807, 2.05) is 42.2 Å². The normalized spacial score (nSPS) is 25.9. The van der Waals surface area contributed by atoms with Gasteiger partial charge in [0.25, 0.3) is 0 Å². The summed E-state index contributed by atoms with van der Waals surface area (Å²) >= 11 is 0. The Morgan fingerprint density at radius 1 is 1.18 bits per heavy atom. The van der Waals surface area contributed by atoms with Gasteiger partial charge in [0.05, 0.1) is 11.0 Å². The average Bonchev–Trinajstić information content (AvgIpc) is 3.14. The summed E-state index contributed by atoms with van der Waals surface area (Å²) < 4.78 is 25.3. The van der Waals surface area contributed by atoms with Crippen molar-refractivity contribution < 1.29 is 13.2 Å². The zero-order valence-corrected chi connectivity index (χ0v) is 16.6. The zero-order chi connectivity index (χ0) is 19.7. The summed E-state index contributed by atoms with van der Waals surface area (Å²) in [4.78, 5) is 23.4. The predicted molar refractivity (Wildman–Crippen MR) is 106 cm³/mol. The molecule has 0 spiro atoms. The van der Waals surface area contributed by atoms with Crippen molar-refractivity contribution in [3.63, 3.8) is 0 Å². The summed E-state index contributed by atoms with van der Waals surface area (Å²) in [5, 5.41) is 2.44. The molecule has 2 fully saturated rings. The van der Waals surface area contributed by atoms with Gasteiger partial charge in [-0.2, -0.15) is 0 Å². The number of rotatable bonds is 4. The smallest absolute Gasteiger partial charge is 0.225 e. The standard InChI is InChI=1S/C20H24N4O3S/c1-14-9-22-20(23-10-14)24-12-17-16(7-8-28(26,27)18(17)13-24)19(25)21-11-15-5-3-2-4-6-15/h2-6,9-10,16-18H,7-8,11-13H2,1H3,(H,21,25)/t16-,17-,18-/m1/s1. The van der Waals surface area contributed by atoms with E-state index in [0.717, 1.165) is 11.1 Å². The van der Waals surface area contributed by atoms with Crippen LogP contribution in [-0.4, -0.2) is 48.4 Å². The Morgan fingerprint density at radius 2 is 1.89 bits per heavy atom. The monoisotopic (exact) mass is 400 g/mol. The fourth-order valence-electron chi connectivity index (χ4n) is 4.18. The third-order valence-electron chi connectivity index (χ3n) is 5.70. The minimum Gasteiger partial charge on any atom is -0.352 e. The minimum absolute atomic E-state index is 0.0557. The lowest BCUT2D eigenvalue weighted by Crippen LogP contribution is -2.47. The van der Waals surface area contributed by atoms with Crippen LogP contribution in [-0.2, 0) is 21.2 Å². The molecule has 2 aliphatic heterocycles. The van der Waals surface area contributed by atoms with Gasteiger partial charge in [0, 0.05) is 43.9 Å². The molecule has 28 heavy (non-hydrogen) atoms. The zero-order valence-electron chi connectivity index (χ0n) is 15.8. The molecule has 2 aromatic rings. The molecule has 2 saturated heterocycles. The van der Waals surface area contributed by atoms with E-state index in [2.05, 4.69) is 15.3 Å². The molecule has 8 heteroatoms. The van der Waals surface area contributed by atoms with Crippen molar-refractivity contribution in [2.75, 3.05) is 23.7 Å². The summed E-state index contributed by atoms with van der Waals surface area (Å²) in [7, 11) is -3.22. The highest BCUT2D eigenvalue weighted by Crippen LogP contribution is 2.38. The van der Waals surface area contributed by atoms with E-state index in [0.29, 0.717) is 32.0 Å². The van der Waals surface area contributed by atoms with Crippen molar-refractivity contribution in [2.24, 2.45) is 11.8 Å². The number of aromatic nitrogens is 2. The Labute approximate surface area is 165 Å². The van der Waals surface area contributed by atoms with Gasteiger partial charge in [-0.1, -0.05) is 30.3 Å². The number of carbonyl (C=O) groups is 1. The van der Waals surface area contributed by atoms with Gasteiger partial charge in [-0.05, 0) is 24.5 Å². The number of aryl methyl sites for hydroxylation is 1. The molecule has 1 aromatic heterocycles. The average molecular weight is 401 g/mol. The number of carbonyl (C=O) groups excluding carboxylic acids is 1. The quantitative estimate of drug-likeness (QED) is 0.833. The molecule has 0 saturated carbocycles. The number of nitrogens with zero attached hydrogens (tertiary/aromatic N) is 3. The van der Waals surface area contributed by atoms with Crippen molar-refractivity contribution in [1.29, 1.82) is 0 Å². The molecule has 0 bridgehead atoms. The summed E-state index contributed by atoms with van der Waals surface area (Å²) in [5.74, 6) is -0.0358. The highest BCUT2D eigenvalue weighted by Gasteiger charge is 2.50. The fraction of sp³-hybridized carbons (Fsp3) is 0.450. The lowest BCUT2D eigenvalue weighted by atomic mass is 9.87. The van der Waals surface area contributed by atoms with Gasteiger partial charge in [-0.15, -0.1) is 0 Å². The van der Waals surface area contributed by atoms with E-state index in [-0.39, 0.29) is 23.5 Å². The Bertz CT molecular complexity index is 947. The molecule has 148 valence electrons. The molecule has 1 aromatic carbocycles. The van der Waals surface area contributed by atoms with Crippen LogP contribution in [0, 0.1) is 18.8 Å². The number of hydrogen-bond acceptors (Lipinski definition) is 6. The molecule has 1 N–H and O–H groups in total. The minimum atomic E-state index is -3.22. The van der Waals surface area contributed by atoms with E-state index in [9.17, 15) is 13.2 Å². The SMILES string of the molecule is Cc1cnc(N2C[C@H]3[C@@H](C2)S(=O)(=O)CC[C@H]3C(=O)NCc2ccccc2)nc1. The van der Waals surface area contributed by atoms with Gasteiger partial charge in [0.15, 0.2) is 9.84 Å². The van der Waals surface area contributed by atoms with Crippen molar-refractivity contribution in [1.82, 2.24) is 15.3 Å². The maximum atomic E-state index is 12.9. The summed E-state index contributed by atoms with van der Waals surface area (Å²) in [6, 6.07) is 9.71. The molecule has 3 heterocycles. The van der Waals surface area contributed by atoms with Crippen LogP contribution in [0.15, 0.2) is 42.7 Å². The Balaban J connectivity index is 1.50. The van der Waals surface area contributed by atoms with Crippen molar-refractivity contribution in [3.05, 3.63) is 53.9 Å².